The first-order valence-corrected chi connectivity index (χ1v) is 6.05. The smallest absolute Gasteiger partial charge is 0.164 e. The topological polar surface area (TPSA) is 52.3 Å². The van der Waals surface area contributed by atoms with E-state index in [9.17, 15) is 4.79 Å². The number of nitrogens with two attached hydrogens (primary N) is 1. The summed E-state index contributed by atoms with van der Waals surface area (Å²) in [4.78, 5) is 12.0. The van der Waals surface area contributed by atoms with E-state index in [1.165, 1.54) is 0 Å². The van der Waals surface area contributed by atoms with E-state index in [0.29, 0.717) is 19.6 Å². The average molecular weight is 233 g/mol. The van der Waals surface area contributed by atoms with E-state index in [-0.39, 0.29) is 11.2 Å². The molecule has 17 heavy (non-hydrogen) atoms. The molecule has 2 rings (SSSR count). The van der Waals surface area contributed by atoms with Gasteiger partial charge >= 0.3 is 0 Å². The largest absolute Gasteiger partial charge is 0.384 e. The second kappa shape index (κ2) is 4.98. The normalized spacial score (nSPS) is 16.8. The molecule has 0 spiro atoms. The summed E-state index contributed by atoms with van der Waals surface area (Å²) >= 11 is 0. The van der Waals surface area contributed by atoms with E-state index in [1.807, 2.05) is 18.2 Å². The summed E-state index contributed by atoms with van der Waals surface area (Å²) in [5, 5.41) is 0. The molecule has 0 amide bonds. The van der Waals surface area contributed by atoms with E-state index in [1.54, 1.807) is 7.11 Å². The van der Waals surface area contributed by atoms with Gasteiger partial charge in [0.1, 0.15) is 0 Å². The predicted molar refractivity (Wildman–Crippen MR) is 67.2 cm³/mol. The fourth-order valence-electron chi connectivity index (χ4n) is 2.37. The fraction of sp³-hybridized carbons (Fsp3) is 0.500. The summed E-state index contributed by atoms with van der Waals surface area (Å²) in [6.45, 7) is 1.10. The Morgan fingerprint density at radius 3 is 2.71 bits per heavy atom. The van der Waals surface area contributed by atoms with Crippen molar-refractivity contribution in [2.75, 3.05) is 20.3 Å². The number of carbonyl (C=O) groups is 1. The van der Waals surface area contributed by atoms with Crippen LogP contribution in [0.4, 0.5) is 0 Å². The summed E-state index contributed by atoms with van der Waals surface area (Å²) in [7, 11) is 1.71. The van der Waals surface area contributed by atoms with Gasteiger partial charge in [0.05, 0.1) is 6.61 Å². The highest BCUT2D eigenvalue weighted by Gasteiger charge is 2.46. The zero-order valence-electron chi connectivity index (χ0n) is 10.2. The quantitative estimate of drug-likeness (QED) is 0.763. The standard InChI is InChI=1S/C14H19NO2/c1-17-10-14(7-8-14)12-5-3-2-4-11(12)13(16)6-9-15/h2-5H,6-10,15H2,1H3. The fourth-order valence-corrected chi connectivity index (χ4v) is 2.37. The minimum atomic E-state index is 0.0790. The third-order valence-electron chi connectivity index (χ3n) is 3.44. The third-order valence-corrected chi connectivity index (χ3v) is 3.44. The molecule has 3 heteroatoms. The lowest BCUT2D eigenvalue weighted by molar-refractivity contribution is 0.0982. The van der Waals surface area contributed by atoms with Crippen molar-refractivity contribution in [3.8, 4) is 0 Å². The van der Waals surface area contributed by atoms with Crippen LogP contribution in [0.3, 0.4) is 0 Å². The van der Waals surface area contributed by atoms with Crippen LogP contribution in [-0.4, -0.2) is 26.0 Å². The number of hydrogen-bond acceptors (Lipinski definition) is 3. The van der Waals surface area contributed by atoms with Gasteiger partial charge in [-0.15, -0.1) is 0 Å². The zero-order valence-corrected chi connectivity index (χ0v) is 10.2. The highest BCUT2D eigenvalue weighted by molar-refractivity contribution is 5.98. The summed E-state index contributed by atoms with van der Waals surface area (Å²) in [6.07, 6.45) is 2.63. The number of rotatable bonds is 6. The van der Waals surface area contributed by atoms with Gasteiger partial charge in [-0.2, -0.15) is 0 Å². The van der Waals surface area contributed by atoms with Crippen LogP contribution in [-0.2, 0) is 10.2 Å². The van der Waals surface area contributed by atoms with Crippen molar-refractivity contribution >= 4 is 5.78 Å². The van der Waals surface area contributed by atoms with Gasteiger partial charge in [0.25, 0.3) is 0 Å². The van der Waals surface area contributed by atoms with Crippen molar-refractivity contribution in [2.45, 2.75) is 24.7 Å². The maximum absolute atomic E-state index is 12.0. The Kier molecular flexibility index (Phi) is 3.60. The lowest BCUT2D eigenvalue weighted by Gasteiger charge is -2.18. The van der Waals surface area contributed by atoms with Crippen LogP contribution in [0.5, 0.6) is 0 Å². The molecule has 0 saturated heterocycles. The molecule has 0 heterocycles. The molecule has 0 atom stereocenters. The van der Waals surface area contributed by atoms with Crippen molar-refractivity contribution in [3.05, 3.63) is 35.4 Å². The van der Waals surface area contributed by atoms with Gasteiger partial charge in [0, 0.05) is 24.5 Å². The Bertz CT molecular complexity index is 410. The van der Waals surface area contributed by atoms with Crippen LogP contribution in [0.25, 0.3) is 0 Å². The molecule has 0 aromatic heterocycles. The Labute approximate surface area is 102 Å². The number of hydrogen-bond donors (Lipinski definition) is 1. The molecule has 1 aliphatic carbocycles. The molecule has 92 valence electrons. The maximum atomic E-state index is 12.0. The number of carbonyl (C=O) groups excluding carboxylic acids is 1. The summed E-state index contributed by atoms with van der Waals surface area (Å²) in [5.41, 5.74) is 7.50. The molecule has 1 aromatic carbocycles. The molecule has 0 unspecified atom stereocenters. The lowest BCUT2D eigenvalue weighted by atomic mass is 9.89. The molecule has 0 aliphatic heterocycles. The molecule has 1 saturated carbocycles. The van der Waals surface area contributed by atoms with Crippen LogP contribution in [0.15, 0.2) is 24.3 Å². The molecule has 2 N–H and O–H groups in total. The van der Waals surface area contributed by atoms with E-state index in [4.69, 9.17) is 10.5 Å². The first-order chi connectivity index (χ1) is 8.23. The van der Waals surface area contributed by atoms with Gasteiger partial charge in [-0.3, -0.25) is 4.79 Å². The Morgan fingerprint density at radius 1 is 1.41 bits per heavy atom. The molecule has 1 aliphatic rings. The van der Waals surface area contributed by atoms with Crippen LogP contribution in [0.1, 0.15) is 35.2 Å². The molecule has 0 bridgehead atoms. The van der Waals surface area contributed by atoms with Crippen LogP contribution >= 0.6 is 0 Å². The van der Waals surface area contributed by atoms with Gasteiger partial charge in [-0.1, -0.05) is 24.3 Å². The minimum Gasteiger partial charge on any atom is -0.384 e. The number of ketones is 1. The first kappa shape index (κ1) is 12.3. The molecular weight excluding hydrogens is 214 g/mol. The van der Waals surface area contributed by atoms with Crippen molar-refractivity contribution < 1.29 is 9.53 Å². The number of ether oxygens (including phenoxy) is 1. The summed E-state index contributed by atoms with van der Waals surface area (Å²) < 4.78 is 5.28. The van der Waals surface area contributed by atoms with E-state index in [2.05, 4.69) is 6.07 Å². The van der Waals surface area contributed by atoms with E-state index < -0.39 is 0 Å². The van der Waals surface area contributed by atoms with E-state index >= 15 is 0 Å². The van der Waals surface area contributed by atoms with Gasteiger partial charge in [0.2, 0.25) is 0 Å². The number of Topliss-reactive ketones (excluding diaryl/α,β-unsaturated/α-hetero) is 1. The Hall–Kier alpha value is -1.19. The van der Waals surface area contributed by atoms with Crippen molar-refractivity contribution in [1.82, 2.24) is 0 Å². The molecule has 3 nitrogen and oxygen atoms in total. The van der Waals surface area contributed by atoms with Crippen molar-refractivity contribution in [2.24, 2.45) is 5.73 Å². The highest BCUT2D eigenvalue weighted by Crippen LogP contribution is 2.49. The molecule has 1 fully saturated rings. The van der Waals surface area contributed by atoms with Gasteiger partial charge in [0.15, 0.2) is 5.78 Å². The van der Waals surface area contributed by atoms with Crippen molar-refractivity contribution in [1.29, 1.82) is 0 Å². The zero-order chi connectivity index (χ0) is 12.3. The van der Waals surface area contributed by atoms with Gasteiger partial charge in [-0.05, 0) is 24.9 Å². The first-order valence-electron chi connectivity index (χ1n) is 6.05. The monoisotopic (exact) mass is 233 g/mol. The molecular formula is C14H19NO2. The lowest BCUT2D eigenvalue weighted by Crippen LogP contribution is -2.19. The average Bonchev–Trinajstić information content (AvgIpc) is 3.11. The number of methoxy groups -OCH3 is 1. The van der Waals surface area contributed by atoms with Crippen LogP contribution in [0, 0.1) is 0 Å². The Balaban J connectivity index is 2.31. The maximum Gasteiger partial charge on any atom is 0.164 e. The molecule has 0 radical (unpaired) electrons. The third kappa shape index (κ3) is 2.40. The van der Waals surface area contributed by atoms with Crippen LogP contribution < -0.4 is 5.73 Å². The SMILES string of the molecule is COCC1(c2ccccc2C(=O)CCN)CC1. The van der Waals surface area contributed by atoms with Gasteiger partial charge < -0.3 is 10.5 Å². The highest BCUT2D eigenvalue weighted by atomic mass is 16.5. The predicted octanol–water partition coefficient (Wildman–Crippen LogP) is 1.90. The number of benzene rings is 1. The minimum absolute atomic E-state index is 0.0790. The second-order valence-electron chi connectivity index (χ2n) is 4.72. The van der Waals surface area contributed by atoms with Gasteiger partial charge in [-0.25, -0.2) is 0 Å². The van der Waals surface area contributed by atoms with E-state index in [0.717, 1.165) is 24.0 Å². The van der Waals surface area contributed by atoms with Crippen molar-refractivity contribution in [3.63, 3.8) is 0 Å². The second-order valence-corrected chi connectivity index (χ2v) is 4.72. The van der Waals surface area contributed by atoms with Crippen LogP contribution in [0.2, 0.25) is 0 Å². The summed E-state index contributed by atoms with van der Waals surface area (Å²) in [6, 6.07) is 7.86. The summed E-state index contributed by atoms with van der Waals surface area (Å²) in [5.74, 6) is 0.144. The molecule has 1 aromatic rings. The Morgan fingerprint density at radius 2 is 2.12 bits per heavy atom.